The summed E-state index contributed by atoms with van der Waals surface area (Å²) in [5.74, 6) is 0.136. The second-order valence-electron chi connectivity index (χ2n) is 7.03. The Hall–Kier alpha value is -3.12. The van der Waals surface area contributed by atoms with Gasteiger partial charge in [-0.05, 0) is 55.3 Å². The van der Waals surface area contributed by atoms with Crippen molar-refractivity contribution in [2.75, 3.05) is 11.9 Å². The number of amides is 2. The number of fused-ring (bicyclic) bond motifs is 1. The lowest BCUT2D eigenvalue weighted by Gasteiger charge is -2.24. The van der Waals surface area contributed by atoms with E-state index in [0.717, 1.165) is 23.9 Å². The van der Waals surface area contributed by atoms with Crippen molar-refractivity contribution in [3.8, 4) is 0 Å². The van der Waals surface area contributed by atoms with E-state index in [9.17, 15) is 9.59 Å². The van der Waals surface area contributed by atoms with Gasteiger partial charge in [0.1, 0.15) is 0 Å². The van der Waals surface area contributed by atoms with Crippen molar-refractivity contribution >= 4 is 40.4 Å². The van der Waals surface area contributed by atoms with E-state index in [1.54, 1.807) is 24.3 Å². The predicted octanol–water partition coefficient (Wildman–Crippen LogP) is 4.12. The molecular formula is C22H21ClN4O2. The molecule has 0 aliphatic carbocycles. The molecule has 1 aliphatic rings. The van der Waals surface area contributed by atoms with Crippen LogP contribution in [0, 0.1) is 0 Å². The zero-order valence-corrected chi connectivity index (χ0v) is 16.6. The highest BCUT2D eigenvalue weighted by atomic mass is 35.5. The summed E-state index contributed by atoms with van der Waals surface area (Å²) in [6, 6.07) is 14.5. The number of para-hydroxylation sites is 2. The van der Waals surface area contributed by atoms with Crippen LogP contribution in [0.3, 0.4) is 0 Å². The molecule has 1 atom stereocenters. The maximum Gasteiger partial charge on any atom is 0.257 e. The van der Waals surface area contributed by atoms with Crippen LogP contribution in [0.4, 0.5) is 5.95 Å². The van der Waals surface area contributed by atoms with E-state index >= 15 is 0 Å². The first-order valence-corrected chi connectivity index (χ1v) is 9.90. The number of carbonyl (C=O) groups is 2. The van der Waals surface area contributed by atoms with E-state index in [1.165, 1.54) is 6.08 Å². The van der Waals surface area contributed by atoms with Gasteiger partial charge in [0, 0.05) is 23.7 Å². The number of benzene rings is 2. The Morgan fingerprint density at radius 2 is 1.97 bits per heavy atom. The van der Waals surface area contributed by atoms with Gasteiger partial charge in [0.15, 0.2) is 0 Å². The molecule has 1 fully saturated rings. The molecule has 7 heteroatoms. The maximum atomic E-state index is 12.7. The molecule has 148 valence electrons. The Bertz CT molecular complexity index is 1070. The zero-order valence-electron chi connectivity index (χ0n) is 15.8. The summed E-state index contributed by atoms with van der Waals surface area (Å²) in [6.07, 6.45) is 3.20. The van der Waals surface area contributed by atoms with Crippen molar-refractivity contribution in [3.63, 3.8) is 0 Å². The molecule has 0 spiro atoms. The minimum absolute atomic E-state index is 0.0318. The lowest BCUT2D eigenvalue weighted by molar-refractivity contribution is -0.126. The van der Waals surface area contributed by atoms with Crippen LogP contribution in [0.15, 0.2) is 61.2 Å². The van der Waals surface area contributed by atoms with Crippen LogP contribution in [-0.2, 0) is 11.3 Å². The first-order chi connectivity index (χ1) is 14.1. The Labute approximate surface area is 173 Å². The highest BCUT2D eigenvalue weighted by Gasteiger charge is 2.29. The highest BCUT2D eigenvalue weighted by molar-refractivity contribution is 6.30. The number of rotatable bonds is 5. The van der Waals surface area contributed by atoms with Crippen molar-refractivity contribution < 1.29 is 9.59 Å². The number of anilines is 1. The van der Waals surface area contributed by atoms with E-state index in [0.29, 0.717) is 29.6 Å². The van der Waals surface area contributed by atoms with E-state index in [1.807, 2.05) is 33.7 Å². The van der Waals surface area contributed by atoms with Crippen molar-refractivity contribution in [2.45, 2.75) is 25.4 Å². The van der Waals surface area contributed by atoms with Gasteiger partial charge in [0.05, 0.1) is 17.1 Å². The molecule has 1 aliphatic heterocycles. The van der Waals surface area contributed by atoms with Crippen molar-refractivity contribution in [1.82, 2.24) is 14.5 Å². The average molecular weight is 409 g/mol. The van der Waals surface area contributed by atoms with Gasteiger partial charge in [-0.1, -0.05) is 30.3 Å². The minimum atomic E-state index is -0.260. The van der Waals surface area contributed by atoms with Gasteiger partial charge in [0.2, 0.25) is 11.9 Å². The van der Waals surface area contributed by atoms with E-state index in [-0.39, 0.29) is 17.9 Å². The molecular weight excluding hydrogens is 388 g/mol. The van der Waals surface area contributed by atoms with Crippen LogP contribution in [0.1, 0.15) is 23.2 Å². The standard InChI is InChI=1S/C22H21ClN4O2/c1-2-20(28)26-13-5-6-17(26)14-27-19-8-4-3-7-18(19)24-22(27)25-21(29)15-9-11-16(23)12-10-15/h2-4,7-12,17H,1,5-6,13-14H2,(H,24,25,29). The topological polar surface area (TPSA) is 67.2 Å². The summed E-state index contributed by atoms with van der Waals surface area (Å²) in [6.45, 7) is 4.88. The van der Waals surface area contributed by atoms with Crippen molar-refractivity contribution in [2.24, 2.45) is 0 Å². The number of hydrogen-bond acceptors (Lipinski definition) is 3. The number of aromatic nitrogens is 2. The molecule has 3 aromatic rings. The lowest BCUT2D eigenvalue weighted by Crippen LogP contribution is -2.37. The highest BCUT2D eigenvalue weighted by Crippen LogP contribution is 2.25. The monoisotopic (exact) mass is 408 g/mol. The zero-order chi connectivity index (χ0) is 20.4. The smallest absolute Gasteiger partial charge is 0.257 e. The Balaban J connectivity index is 1.65. The summed E-state index contributed by atoms with van der Waals surface area (Å²) in [5.41, 5.74) is 2.20. The normalized spacial score (nSPS) is 16.2. The number of halogens is 1. The van der Waals surface area contributed by atoms with E-state index < -0.39 is 0 Å². The summed E-state index contributed by atoms with van der Waals surface area (Å²) in [5, 5.41) is 3.49. The summed E-state index contributed by atoms with van der Waals surface area (Å²) in [4.78, 5) is 31.4. The number of nitrogens with one attached hydrogen (secondary N) is 1. The van der Waals surface area contributed by atoms with Gasteiger partial charge in [0.25, 0.3) is 5.91 Å². The summed E-state index contributed by atoms with van der Waals surface area (Å²) in [7, 11) is 0. The van der Waals surface area contributed by atoms with Crippen LogP contribution in [-0.4, -0.2) is 38.9 Å². The molecule has 0 bridgehead atoms. The van der Waals surface area contributed by atoms with Crippen LogP contribution in [0.2, 0.25) is 5.02 Å². The number of likely N-dealkylation sites (tertiary alicyclic amines) is 1. The van der Waals surface area contributed by atoms with Gasteiger partial charge >= 0.3 is 0 Å². The number of nitrogens with zero attached hydrogens (tertiary/aromatic N) is 3. The lowest BCUT2D eigenvalue weighted by atomic mass is 10.2. The average Bonchev–Trinajstić information content (AvgIpc) is 3.33. The van der Waals surface area contributed by atoms with Crippen LogP contribution >= 0.6 is 11.6 Å². The molecule has 0 radical (unpaired) electrons. The second kappa shape index (κ2) is 8.09. The van der Waals surface area contributed by atoms with E-state index in [4.69, 9.17) is 11.6 Å². The molecule has 2 aromatic carbocycles. The van der Waals surface area contributed by atoms with Crippen LogP contribution in [0.5, 0.6) is 0 Å². The fraction of sp³-hybridized carbons (Fsp3) is 0.227. The van der Waals surface area contributed by atoms with E-state index in [2.05, 4.69) is 16.9 Å². The maximum absolute atomic E-state index is 12.7. The quantitative estimate of drug-likeness (QED) is 0.646. The Morgan fingerprint density at radius 3 is 2.72 bits per heavy atom. The van der Waals surface area contributed by atoms with Crippen LogP contribution < -0.4 is 5.32 Å². The second-order valence-corrected chi connectivity index (χ2v) is 7.46. The Kier molecular flexibility index (Phi) is 5.36. The Morgan fingerprint density at radius 1 is 1.21 bits per heavy atom. The summed E-state index contributed by atoms with van der Waals surface area (Å²) >= 11 is 5.91. The van der Waals surface area contributed by atoms with Crippen LogP contribution in [0.25, 0.3) is 11.0 Å². The third kappa shape index (κ3) is 3.89. The third-order valence-corrected chi connectivity index (χ3v) is 5.47. The molecule has 0 saturated carbocycles. The molecule has 6 nitrogen and oxygen atoms in total. The fourth-order valence-corrected chi connectivity index (χ4v) is 3.90. The molecule has 4 rings (SSSR count). The van der Waals surface area contributed by atoms with Gasteiger partial charge in [-0.25, -0.2) is 4.98 Å². The predicted molar refractivity (Wildman–Crippen MR) is 114 cm³/mol. The number of hydrogen-bond donors (Lipinski definition) is 1. The first kappa shape index (κ1) is 19.2. The minimum Gasteiger partial charge on any atom is -0.334 e. The van der Waals surface area contributed by atoms with Gasteiger partial charge in [-0.3, -0.25) is 14.9 Å². The van der Waals surface area contributed by atoms with Crippen molar-refractivity contribution in [3.05, 3.63) is 71.8 Å². The molecule has 2 heterocycles. The fourth-order valence-electron chi connectivity index (χ4n) is 3.77. The molecule has 1 unspecified atom stereocenters. The third-order valence-electron chi connectivity index (χ3n) is 5.21. The molecule has 2 amide bonds. The van der Waals surface area contributed by atoms with Gasteiger partial charge < -0.3 is 9.47 Å². The molecule has 29 heavy (non-hydrogen) atoms. The molecule has 1 saturated heterocycles. The SMILES string of the molecule is C=CC(=O)N1CCCC1Cn1c(NC(=O)c2ccc(Cl)cc2)nc2ccccc21. The molecule has 1 aromatic heterocycles. The largest absolute Gasteiger partial charge is 0.334 e. The van der Waals surface area contributed by atoms with Crippen molar-refractivity contribution in [1.29, 1.82) is 0 Å². The molecule has 1 N–H and O–H groups in total. The van der Waals surface area contributed by atoms with Gasteiger partial charge in [-0.15, -0.1) is 0 Å². The summed E-state index contributed by atoms with van der Waals surface area (Å²) < 4.78 is 1.97. The number of carbonyl (C=O) groups excluding carboxylic acids is 2. The number of imidazole rings is 1. The van der Waals surface area contributed by atoms with Gasteiger partial charge in [-0.2, -0.15) is 0 Å². The first-order valence-electron chi connectivity index (χ1n) is 9.52.